The smallest absolute Gasteiger partial charge is 0.267 e. The first kappa shape index (κ1) is 18.0. The molecule has 4 N–H and O–H groups in total. The first-order valence-electron chi connectivity index (χ1n) is 6.69. The van der Waals surface area contributed by atoms with Gasteiger partial charge in [-0.15, -0.1) is 6.42 Å². The Morgan fingerprint density at radius 2 is 2.09 bits per heavy atom. The van der Waals surface area contributed by atoms with Crippen molar-refractivity contribution in [2.24, 2.45) is 0 Å². The van der Waals surface area contributed by atoms with Crippen LogP contribution in [-0.2, 0) is 10.4 Å². The molecule has 120 valence electrons. The first-order valence-corrected chi connectivity index (χ1v) is 7.10. The highest BCUT2D eigenvalue weighted by Crippen LogP contribution is 2.44. The van der Waals surface area contributed by atoms with E-state index in [1.165, 1.54) is 7.85 Å². The van der Waals surface area contributed by atoms with Gasteiger partial charge in [-0.1, -0.05) is 5.92 Å². The number of ether oxygens (including phenoxy) is 1. The molecule has 2 rings (SSSR count). The van der Waals surface area contributed by atoms with E-state index in [4.69, 9.17) is 23.4 Å². The van der Waals surface area contributed by atoms with Crippen LogP contribution in [0.5, 0.6) is 0 Å². The molecular weight excluding hydrogens is 324 g/mol. The summed E-state index contributed by atoms with van der Waals surface area (Å²) in [7, 11) is 3.43. The molecule has 7 nitrogen and oxygen atoms in total. The highest BCUT2D eigenvalue weighted by molar-refractivity contribution is 7.71. The van der Waals surface area contributed by atoms with Gasteiger partial charge in [0.15, 0.2) is 12.6 Å². The van der Waals surface area contributed by atoms with Crippen LogP contribution < -0.4 is 5.56 Å². The largest absolute Gasteiger partial charge is 0.402 e. The zero-order valence-corrected chi connectivity index (χ0v) is 13.5. The molecule has 4 atom stereocenters. The summed E-state index contributed by atoms with van der Waals surface area (Å²) < 4.78 is 21.1. The summed E-state index contributed by atoms with van der Waals surface area (Å²) in [4.78, 5) is 13.9. The van der Waals surface area contributed by atoms with Gasteiger partial charge in [0, 0.05) is 6.20 Å². The number of nitrogens with one attached hydrogen (secondary N) is 1. The molecule has 0 aliphatic carbocycles. The summed E-state index contributed by atoms with van der Waals surface area (Å²) in [5.41, 5.74) is -2.65. The summed E-state index contributed by atoms with van der Waals surface area (Å²) >= 11 is 5.00. The van der Waals surface area contributed by atoms with Crippen LogP contribution in [0.4, 0.5) is 4.39 Å². The van der Waals surface area contributed by atoms with Crippen molar-refractivity contribution in [2.75, 3.05) is 0 Å². The van der Waals surface area contributed by atoms with Crippen molar-refractivity contribution in [2.45, 2.75) is 29.1 Å². The maximum absolute atomic E-state index is 15.0. The highest BCUT2D eigenvalue weighted by atomic mass is 32.1. The average Bonchev–Trinajstić information content (AvgIpc) is 2.61. The van der Waals surface area contributed by atoms with Crippen molar-refractivity contribution in [3.05, 3.63) is 26.9 Å². The second-order valence-electron chi connectivity index (χ2n) is 6.07. The second kappa shape index (κ2) is 5.32. The Balaban J connectivity index is 2.67. The van der Waals surface area contributed by atoms with Crippen LogP contribution in [-0.4, -0.2) is 71.9 Å². The Hall–Kier alpha value is -1.38. The van der Waals surface area contributed by atoms with Gasteiger partial charge < -0.3 is 24.6 Å². The second-order valence-corrected chi connectivity index (χ2v) is 6.45. The number of H-pyrrole nitrogens is 1. The summed E-state index contributed by atoms with van der Waals surface area (Å²) in [6.07, 6.45) is 2.48. The Morgan fingerprint density at radius 1 is 1.52 bits per heavy atom. The van der Waals surface area contributed by atoms with E-state index in [0.717, 1.165) is 26.5 Å². The molecule has 0 amide bonds. The molecule has 0 radical (unpaired) electrons. The molecule has 1 aromatic heterocycles. The van der Waals surface area contributed by atoms with Gasteiger partial charge in [0.25, 0.3) is 11.4 Å². The third kappa shape index (κ3) is 2.49. The van der Waals surface area contributed by atoms with Gasteiger partial charge in [-0.3, -0.25) is 9.78 Å². The third-order valence-electron chi connectivity index (χ3n) is 3.99. The number of aliphatic hydroxyl groups excluding tert-OH is 2. The Bertz CT molecular complexity index is 803. The van der Waals surface area contributed by atoms with E-state index in [1.807, 2.05) is 0 Å². The van der Waals surface area contributed by atoms with E-state index >= 15 is 0 Å². The van der Waals surface area contributed by atoms with Gasteiger partial charge in [0.2, 0.25) is 0 Å². The Kier molecular flexibility index (Phi) is 4.16. The maximum Gasteiger partial charge on any atom is 0.267 e. The minimum atomic E-state index is -2.97. The van der Waals surface area contributed by atoms with Gasteiger partial charge in [0.05, 0.1) is 5.40 Å². The normalized spacial score (nSPS) is 34.2. The number of nitrogens with zero attached hydrogens (tertiary/aromatic N) is 1. The Morgan fingerprint density at radius 3 is 2.52 bits per heavy atom. The quantitative estimate of drug-likeness (QED) is 0.246. The van der Waals surface area contributed by atoms with Crippen molar-refractivity contribution in [1.29, 1.82) is 0 Å². The zero-order valence-electron chi connectivity index (χ0n) is 12.7. The lowest BCUT2D eigenvalue weighted by Crippen LogP contribution is -2.59. The van der Waals surface area contributed by atoms with Crippen LogP contribution in [0.3, 0.4) is 0 Å². The number of aliphatic hydroxyl groups is 3. The summed E-state index contributed by atoms with van der Waals surface area (Å²) in [6.45, 7) is 0. The van der Waals surface area contributed by atoms with Crippen LogP contribution in [0.2, 0.25) is 0 Å². The van der Waals surface area contributed by atoms with Crippen LogP contribution in [0, 0.1) is 17.1 Å². The molecule has 12 heteroatoms. The fraction of sp³-hybridized carbons (Fsp3) is 0.455. The molecule has 1 fully saturated rings. The van der Waals surface area contributed by atoms with Gasteiger partial charge in [-0.25, -0.2) is 4.39 Å². The number of aromatic nitrogens is 2. The average molecular weight is 338 g/mol. The van der Waals surface area contributed by atoms with E-state index in [1.54, 1.807) is 0 Å². The number of terminal acetylenes is 1. The fourth-order valence-electron chi connectivity index (χ4n) is 2.50. The SMILES string of the molecule is BC(B)(O)[C@@]1(F)O[C@@](B)(n2cc(C#C)c(=O)[nH]c2=S)[C@H](O)[C@@H]1O. The highest BCUT2D eigenvalue weighted by Gasteiger charge is 2.67. The molecule has 23 heavy (non-hydrogen) atoms. The van der Waals surface area contributed by atoms with Crippen LogP contribution >= 0.6 is 12.2 Å². The van der Waals surface area contributed by atoms with Crippen LogP contribution in [0.1, 0.15) is 5.56 Å². The minimum Gasteiger partial charge on any atom is -0.402 e. The number of halogens is 1. The predicted octanol–water partition coefficient (Wildman–Crippen LogP) is -4.54. The van der Waals surface area contributed by atoms with Crippen molar-refractivity contribution >= 4 is 35.8 Å². The first-order chi connectivity index (χ1) is 10.4. The van der Waals surface area contributed by atoms with Crippen molar-refractivity contribution in [1.82, 2.24) is 9.55 Å². The van der Waals surface area contributed by atoms with E-state index in [9.17, 15) is 24.5 Å². The summed E-state index contributed by atoms with van der Waals surface area (Å²) in [6, 6.07) is 0. The van der Waals surface area contributed by atoms with E-state index in [-0.39, 0.29) is 10.3 Å². The molecule has 0 bridgehead atoms. The molecule has 0 unspecified atom stereocenters. The monoisotopic (exact) mass is 338 g/mol. The summed E-state index contributed by atoms with van der Waals surface area (Å²) in [5, 5.41) is 28.2. The molecule has 1 aliphatic rings. The molecule has 0 aromatic carbocycles. The molecule has 0 saturated carbocycles. The number of aromatic amines is 1. The molecule has 2 heterocycles. The molecule has 0 spiro atoms. The van der Waals surface area contributed by atoms with Gasteiger partial charge in [-0.2, -0.15) is 0 Å². The third-order valence-corrected chi connectivity index (χ3v) is 4.29. The van der Waals surface area contributed by atoms with Crippen LogP contribution in [0.25, 0.3) is 0 Å². The standard InChI is InChI=1S/C11H14B3FN2O5S/c1-2-4-3-17(8(23)16-7(4)20)10(12)6(19)5(18)9(15,22-10)11(13,14)21/h1,3,5-6,18-19,21H,12-14H2,(H,16,20,23)/t5-,6+,9-,10-/m0/s1. The van der Waals surface area contributed by atoms with Crippen LogP contribution in [0.15, 0.2) is 11.0 Å². The summed E-state index contributed by atoms with van der Waals surface area (Å²) in [5.74, 6) is -0.843. The predicted molar refractivity (Wildman–Crippen MR) is 89.3 cm³/mol. The molecule has 1 aromatic rings. The topological polar surface area (TPSA) is 108 Å². The minimum absolute atomic E-state index is 0.121. The fourth-order valence-corrected chi connectivity index (χ4v) is 2.83. The van der Waals surface area contributed by atoms with E-state index in [0.29, 0.717) is 0 Å². The Labute approximate surface area is 138 Å². The number of alkyl halides is 1. The number of hydrogen-bond donors (Lipinski definition) is 4. The van der Waals surface area contributed by atoms with Gasteiger partial charge >= 0.3 is 0 Å². The lowest BCUT2D eigenvalue weighted by Gasteiger charge is -2.37. The lowest BCUT2D eigenvalue weighted by atomic mass is 9.59. The maximum atomic E-state index is 15.0. The van der Waals surface area contributed by atoms with Crippen molar-refractivity contribution in [3.8, 4) is 12.3 Å². The van der Waals surface area contributed by atoms with E-state index < -0.39 is 34.6 Å². The van der Waals surface area contributed by atoms with Crippen molar-refractivity contribution in [3.63, 3.8) is 0 Å². The number of hydrogen-bond acceptors (Lipinski definition) is 6. The molecule has 1 saturated heterocycles. The molecular formula is C11H14B3FN2O5S. The van der Waals surface area contributed by atoms with Crippen molar-refractivity contribution < 1.29 is 24.4 Å². The van der Waals surface area contributed by atoms with Gasteiger partial charge in [-0.05, 0) is 12.2 Å². The van der Waals surface area contributed by atoms with E-state index in [2.05, 4.69) is 10.9 Å². The number of rotatable bonds is 2. The molecule has 1 aliphatic heterocycles. The zero-order chi connectivity index (χ0) is 17.8. The lowest BCUT2D eigenvalue weighted by molar-refractivity contribution is -0.242. The van der Waals surface area contributed by atoms with Gasteiger partial charge in [0.1, 0.15) is 39.1 Å².